The lowest BCUT2D eigenvalue weighted by molar-refractivity contribution is 0.0600. The Kier molecular flexibility index (Phi) is 6.68. The van der Waals surface area contributed by atoms with E-state index in [1.54, 1.807) is 24.3 Å². The molecule has 4 rings (SSSR count). The van der Waals surface area contributed by atoms with E-state index in [-0.39, 0.29) is 5.82 Å². The van der Waals surface area contributed by atoms with Crippen LogP contribution in [0.1, 0.15) is 34.1 Å². The summed E-state index contributed by atoms with van der Waals surface area (Å²) in [5, 5.41) is 0. The van der Waals surface area contributed by atoms with Crippen molar-refractivity contribution < 1.29 is 18.7 Å². The molecule has 0 unspecified atom stereocenters. The number of benzene rings is 3. The maximum Gasteiger partial charge on any atom is 0.337 e. The van der Waals surface area contributed by atoms with Gasteiger partial charge in [-0.15, -0.1) is 0 Å². The average Bonchev–Trinajstić information content (AvgIpc) is 3.23. The Morgan fingerprint density at radius 3 is 2.41 bits per heavy atom. The van der Waals surface area contributed by atoms with Crippen LogP contribution in [0.15, 0.2) is 72.8 Å². The first kappa shape index (κ1) is 23.1. The van der Waals surface area contributed by atoms with Gasteiger partial charge in [0.05, 0.1) is 18.4 Å². The summed E-state index contributed by atoms with van der Waals surface area (Å²) in [5.41, 5.74) is 12.6. The molecule has 4 aromatic rings. The van der Waals surface area contributed by atoms with Crippen LogP contribution in [0, 0.1) is 12.7 Å². The normalized spacial score (nSPS) is 10.8. The first-order valence-corrected chi connectivity index (χ1v) is 11.1. The zero-order valence-corrected chi connectivity index (χ0v) is 19.5. The summed E-state index contributed by atoms with van der Waals surface area (Å²) in [6, 6.07) is 21.6. The van der Waals surface area contributed by atoms with E-state index in [1.807, 2.05) is 41.8 Å². The maximum atomic E-state index is 13.3. The molecule has 3 aromatic carbocycles. The van der Waals surface area contributed by atoms with Crippen LogP contribution in [-0.2, 0) is 17.8 Å². The maximum absolute atomic E-state index is 13.3. The number of aryl methyl sites for hydroxylation is 2. The van der Waals surface area contributed by atoms with Gasteiger partial charge in [0.1, 0.15) is 18.2 Å². The average molecular weight is 459 g/mol. The van der Waals surface area contributed by atoms with E-state index < -0.39 is 5.97 Å². The third-order valence-corrected chi connectivity index (χ3v) is 5.73. The number of carbonyl (C=O) groups is 1. The van der Waals surface area contributed by atoms with E-state index in [4.69, 9.17) is 15.2 Å². The van der Waals surface area contributed by atoms with Crippen LogP contribution in [-0.4, -0.2) is 17.6 Å². The van der Waals surface area contributed by atoms with Crippen LogP contribution in [0.25, 0.3) is 16.9 Å². The Morgan fingerprint density at radius 2 is 1.71 bits per heavy atom. The molecule has 5 nitrogen and oxygen atoms in total. The van der Waals surface area contributed by atoms with Gasteiger partial charge in [-0.2, -0.15) is 0 Å². The number of hydrogen-bond acceptors (Lipinski definition) is 4. The fourth-order valence-electron chi connectivity index (χ4n) is 3.96. The Balaban J connectivity index is 1.79. The van der Waals surface area contributed by atoms with Crippen molar-refractivity contribution in [1.82, 2.24) is 4.57 Å². The number of halogens is 1. The smallest absolute Gasteiger partial charge is 0.337 e. The van der Waals surface area contributed by atoms with Crippen molar-refractivity contribution in [3.05, 3.63) is 101 Å². The molecule has 2 N–H and O–H groups in total. The molecule has 0 spiro atoms. The molecule has 1 aromatic heterocycles. The minimum absolute atomic E-state index is 0.279. The van der Waals surface area contributed by atoms with Gasteiger partial charge in [-0.1, -0.05) is 25.1 Å². The number of carbonyl (C=O) groups excluding carboxylic acids is 1. The lowest BCUT2D eigenvalue weighted by Crippen LogP contribution is -2.07. The van der Waals surface area contributed by atoms with Crippen LogP contribution in [0.2, 0.25) is 0 Å². The van der Waals surface area contributed by atoms with Gasteiger partial charge >= 0.3 is 5.97 Å². The number of esters is 1. The number of hydrogen-bond donors (Lipinski definition) is 1. The summed E-state index contributed by atoms with van der Waals surface area (Å²) in [4.78, 5) is 12.2. The van der Waals surface area contributed by atoms with Gasteiger partial charge in [-0.05, 0) is 79.1 Å². The molecule has 0 radical (unpaired) electrons. The van der Waals surface area contributed by atoms with Crippen LogP contribution < -0.4 is 10.5 Å². The van der Waals surface area contributed by atoms with Crippen LogP contribution in [0.3, 0.4) is 0 Å². The van der Waals surface area contributed by atoms with Crippen molar-refractivity contribution in [1.29, 1.82) is 0 Å². The standard InChI is InChI=1S/C28H27FN2O3/c1-4-19-8-12-27(34-17-20-6-9-22(29)10-7-20)25(13-19)26-11-5-18(2)31(26)24-15-21(28(32)33-3)14-23(30)16-24/h5-16H,4,17,30H2,1-3H3. The molecule has 6 heteroatoms. The third-order valence-electron chi connectivity index (χ3n) is 5.73. The van der Waals surface area contributed by atoms with Gasteiger partial charge in [0, 0.05) is 22.6 Å². The highest BCUT2D eigenvalue weighted by Crippen LogP contribution is 2.35. The fraction of sp³-hybridized carbons (Fsp3) is 0.179. The van der Waals surface area contributed by atoms with Crippen molar-refractivity contribution in [2.24, 2.45) is 0 Å². The summed E-state index contributed by atoms with van der Waals surface area (Å²) >= 11 is 0. The lowest BCUT2D eigenvalue weighted by Gasteiger charge is -2.18. The Hall–Kier alpha value is -4.06. The molecule has 0 aliphatic heterocycles. The van der Waals surface area contributed by atoms with E-state index in [1.165, 1.54) is 19.2 Å². The zero-order valence-electron chi connectivity index (χ0n) is 19.5. The van der Waals surface area contributed by atoms with Gasteiger partial charge in [-0.25, -0.2) is 9.18 Å². The van der Waals surface area contributed by atoms with Gasteiger partial charge in [0.25, 0.3) is 0 Å². The lowest BCUT2D eigenvalue weighted by atomic mass is 10.0. The number of ether oxygens (including phenoxy) is 2. The Labute approximate surface area is 198 Å². The number of rotatable bonds is 7. The Morgan fingerprint density at radius 1 is 0.971 bits per heavy atom. The Bertz CT molecular complexity index is 1330. The molecule has 0 aliphatic rings. The summed E-state index contributed by atoms with van der Waals surface area (Å²) in [6.07, 6.45) is 0.871. The van der Waals surface area contributed by atoms with E-state index in [0.29, 0.717) is 23.6 Å². The molecule has 34 heavy (non-hydrogen) atoms. The summed E-state index contributed by atoms with van der Waals surface area (Å²) in [6.45, 7) is 4.40. The summed E-state index contributed by atoms with van der Waals surface area (Å²) in [7, 11) is 1.35. The molecule has 0 atom stereocenters. The van der Waals surface area contributed by atoms with Crippen molar-refractivity contribution in [2.75, 3.05) is 12.8 Å². The molecule has 0 bridgehead atoms. The number of nitrogens with zero attached hydrogens (tertiary/aromatic N) is 1. The number of nitrogens with two attached hydrogens (primary N) is 1. The molecular weight excluding hydrogens is 431 g/mol. The minimum Gasteiger partial charge on any atom is -0.488 e. The molecule has 0 aliphatic carbocycles. The number of anilines is 1. The predicted molar refractivity (Wildman–Crippen MR) is 132 cm³/mol. The molecule has 1 heterocycles. The summed E-state index contributed by atoms with van der Waals surface area (Å²) in [5.74, 6) is -0.0207. The van der Waals surface area contributed by atoms with Gasteiger partial charge in [-0.3, -0.25) is 0 Å². The number of aromatic nitrogens is 1. The van der Waals surface area contributed by atoms with Crippen LogP contribution >= 0.6 is 0 Å². The first-order chi connectivity index (χ1) is 16.4. The SMILES string of the molecule is CCc1ccc(OCc2ccc(F)cc2)c(-c2ccc(C)n2-c2cc(N)cc(C(=O)OC)c2)c1. The number of methoxy groups -OCH3 is 1. The largest absolute Gasteiger partial charge is 0.488 e. The fourth-order valence-corrected chi connectivity index (χ4v) is 3.96. The van der Waals surface area contributed by atoms with Crippen LogP contribution in [0.5, 0.6) is 5.75 Å². The molecule has 0 saturated carbocycles. The first-order valence-electron chi connectivity index (χ1n) is 11.1. The van der Waals surface area contributed by atoms with E-state index in [9.17, 15) is 9.18 Å². The zero-order chi connectivity index (χ0) is 24.2. The second kappa shape index (κ2) is 9.83. The quantitative estimate of drug-likeness (QED) is 0.268. The van der Waals surface area contributed by atoms with Crippen molar-refractivity contribution >= 4 is 11.7 Å². The van der Waals surface area contributed by atoms with E-state index in [0.717, 1.165) is 40.2 Å². The molecule has 0 saturated heterocycles. The molecule has 0 fully saturated rings. The van der Waals surface area contributed by atoms with E-state index >= 15 is 0 Å². The summed E-state index contributed by atoms with van der Waals surface area (Å²) < 4.78 is 26.4. The van der Waals surface area contributed by atoms with Gasteiger partial charge in [0.2, 0.25) is 0 Å². The second-order valence-electron chi connectivity index (χ2n) is 8.10. The highest BCUT2D eigenvalue weighted by molar-refractivity contribution is 5.91. The van der Waals surface area contributed by atoms with Gasteiger partial charge < -0.3 is 19.8 Å². The van der Waals surface area contributed by atoms with Crippen LogP contribution in [0.4, 0.5) is 10.1 Å². The predicted octanol–water partition coefficient (Wildman–Crippen LogP) is 6.10. The minimum atomic E-state index is -0.448. The van der Waals surface area contributed by atoms with Crippen molar-refractivity contribution in [3.8, 4) is 22.7 Å². The third kappa shape index (κ3) is 4.81. The van der Waals surface area contributed by atoms with Gasteiger partial charge in [0.15, 0.2) is 0 Å². The van der Waals surface area contributed by atoms with Crippen molar-refractivity contribution in [3.63, 3.8) is 0 Å². The molecule has 0 amide bonds. The van der Waals surface area contributed by atoms with E-state index in [2.05, 4.69) is 13.0 Å². The van der Waals surface area contributed by atoms with Crippen molar-refractivity contribution in [2.45, 2.75) is 26.9 Å². The highest BCUT2D eigenvalue weighted by atomic mass is 19.1. The molecule has 174 valence electrons. The monoisotopic (exact) mass is 458 g/mol. The number of nitrogen functional groups attached to an aromatic ring is 1. The highest BCUT2D eigenvalue weighted by Gasteiger charge is 2.17. The molecular formula is C28H27FN2O3. The second-order valence-corrected chi connectivity index (χ2v) is 8.10. The topological polar surface area (TPSA) is 66.5 Å².